The van der Waals surface area contributed by atoms with Crippen molar-refractivity contribution >= 4 is 55.7 Å². The van der Waals surface area contributed by atoms with E-state index in [1.807, 2.05) is 24.3 Å². The van der Waals surface area contributed by atoms with Crippen molar-refractivity contribution in [2.24, 2.45) is 0 Å². The molecule has 0 unspecified atom stereocenters. The van der Waals surface area contributed by atoms with E-state index in [9.17, 15) is 13.2 Å². The summed E-state index contributed by atoms with van der Waals surface area (Å²) >= 11 is 12.1. The van der Waals surface area contributed by atoms with Gasteiger partial charge in [0.2, 0.25) is 0 Å². The fourth-order valence-electron chi connectivity index (χ4n) is 2.76. The summed E-state index contributed by atoms with van der Waals surface area (Å²) in [4.78, 5) is 12.0. The number of carbonyl (C=O) groups is 1. The molecular formula is C20H17Cl2NO4S. The lowest BCUT2D eigenvalue weighted by atomic mass is 10.1. The molecule has 28 heavy (non-hydrogen) atoms. The molecular weight excluding hydrogens is 421 g/mol. The molecule has 0 aliphatic carbocycles. The highest BCUT2D eigenvalue weighted by Crippen LogP contribution is 2.32. The fourth-order valence-corrected chi connectivity index (χ4v) is 4.91. The van der Waals surface area contributed by atoms with Crippen LogP contribution in [0.1, 0.15) is 6.92 Å². The molecule has 5 nitrogen and oxygen atoms in total. The maximum Gasteiger partial charge on any atom is 0.326 e. The van der Waals surface area contributed by atoms with E-state index in [1.54, 1.807) is 25.1 Å². The van der Waals surface area contributed by atoms with E-state index >= 15 is 0 Å². The van der Waals surface area contributed by atoms with Crippen molar-refractivity contribution in [3.8, 4) is 0 Å². The molecule has 0 N–H and O–H groups in total. The van der Waals surface area contributed by atoms with Crippen LogP contribution in [0.3, 0.4) is 0 Å². The Bertz CT molecular complexity index is 1130. The van der Waals surface area contributed by atoms with Crippen LogP contribution in [0, 0.1) is 0 Å². The lowest BCUT2D eigenvalue weighted by Crippen LogP contribution is -2.36. The van der Waals surface area contributed by atoms with Crippen LogP contribution in [-0.4, -0.2) is 27.5 Å². The highest BCUT2D eigenvalue weighted by molar-refractivity contribution is 7.93. The first kappa shape index (κ1) is 20.5. The monoisotopic (exact) mass is 437 g/mol. The summed E-state index contributed by atoms with van der Waals surface area (Å²) in [6.45, 7) is 1.31. The highest BCUT2D eigenvalue weighted by atomic mass is 35.5. The van der Waals surface area contributed by atoms with E-state index in [4.69, 9.17) is 27.9 Å². The molecule has 146 valence electrons. The summed E-state index contributed by atoms with van der Waals surface area (Å²) in [6, 6.07) is 16.8. The van der Waals surface area contributed by atoms with Gasteiger partial charge in [-0.1, -0.05) is 53.5 Å². The zero-order chi connectivity index (χ0) is 20.3. The molecule has 0 fully saturated rings. The summed E-state index contributed by atoms with van der Waals surface area (Å²) in [7, 11) is -4.17. The Hall–Kier alpha value is -2.28. The third-order valence-corrected chi connectivity index (χ3v) is 6.55. The predicted octanol–water partition coefficient (Wildman–Crippen LogP) is 4.91. The van der Waals surface area contributed by atoms with Crippen LogP contribution in [0.15, 0.2) is 65.6 Å². The van der Waals surface area contributed by atoms with Gasteiger partial charge >= 0.3 is 5.97 Å². The lowest BCUT2D eigenvalue weighted by Gasteiger charge is -2.24. The van der Waals surface area contributed by atoms with Gasteiger partial charge in [0.05, 0.1) is 17.3 Å². The number of fused-ring (bicyclic) bond motifs is 1. The molecule has 0 saturated heterocycles. The van der Waals surface area contributed by atoms with Crippen molar-refractivity contribution in [1.82, 2.24) is 0 Å². The van der Waals surface area contributed by atoms with Crippen LogP contribution in [-0.2, 0) is 19.6 Å². The second kappa shape index (κ2) is 8.39. The fraction of sp³-hybridized carbons (Fsp3) is 0.150. The number of hydrogen-bond acceptors (Lipinski definition) is 4. The normalized spacial score (nSPS) is 11.4. The minimum Gasteiger partial charge on any atom is -0.465 e. The predicted molar refractivity (Wildman–Crippen MR) is 112 cm³/mol. The van der Waals surface area contributed by atoms with Crippen molar-refractivity contribution in [2.45, 2.75) is 11.8 Å². The van der Waals surface area contributed by atoms with Gasteiger partial charge in [-0.05, 0) is 48.0 Å². The molecule has 0 radical (unpaired) electrons. The zero-order valence-electron chi connectivity index (χ0n) is 14.9. The summed E-state index contributed by atoms with van der Waals surface area (Å²) < 4.78 is 32.7. The van der Waals surface area contributed by atoms with Crippen LogP contribution in [0.2, 0.25) is 10.0 Å². The molecule has 0 spiro atoms. The third kappa shape index (κ3) is 4.24. The molecule has 3 aromatic rings. The van der Waals surface area contributed by atoms with E-state index in [2.05, 4.69) is 0 Å². The first-order valence-corrected chi connectivity index (χ1v) is 10.6. The number of ether oxygens (including phenoxy) is 1. The number of carbonyl (C=O) groups excluding carboxylic acids is 1. The van der Waals surface area contributed by atoms with Gasteiger partial charge in [0, 0.05) is 5.02 Å². The number of nitrogens with zero attached hydrogens (tertiary/aromatic N) is 1. The smallest absolute Gasteiger partial charge is 0.326 e. The number of halogens is 2. The van der Waals surface area contributed by atoms with Crippen molar-refractivity contribution in [1.29, 1.82) is 0 Å². The Balaban J connectivity index is 2.14. The molecule has 0 saturated carbocycles. The average molecular weight is 438 g/mol. The Morgan fingerprint density at radius 2 is 1.71 bits per heavy atom. The summed E-state index contributed by atoms with van der Waals surface area (Å²) in [5.41, 5.74) is 0.322. The number of anilines is 1. The number of hydrogen-bond donors (Lipinski definition) is 0. The number of sulfonamides is 1. The number of benzene rings is 3. The van der Waals surface area contributed by atoms with E-state index in [1.165, 1.54) is 18.2 Å². The van der Waals surface area contributed by atoms with E-state index < -0.39 is 22.5 Å². The molecule has 0 heterocycles. The molecule has 8 heteroatoms. The van der Waals surface area contributed by atoms with Crippen molar-refractivity contribution in [3.63, 3.8) is 0 Å². The minimum absolute atomic E-state index is 0.0130. The van der Waals surface area contributed by atoms with E-state index in [0.717, 1.165) is 15.1 Å². The number of rotatable bonds is 6. The van der Waals surface area contributed by atoms with Gasteiger partial charge in [-0.3, -0.25) is 9.10 Å². The third-order valence-electron chi connectivity index (χ3n) is 4.06. The molecule has 0 aromatic heterocycles. The van der Waals surface area contributed by atoms with Crippen molar-refractivity contribution < 1.29 is 17.9 Å². The standard InChI is InChI=1S/C20H17Cl2NO4S/c1-2-27-20(24)13-23(17-9-7-14-5-3-4-6-15(14)11-17)28(25,26)19-12-16(21)8-10-18(19)22/h3-12H,2,13H2,1H3. The minimum atomic E-state index is -4.17. The number of esters is 1. The Morgan fingerprint density at radius 1 is 1.00 bits per heavy atom. The van der Waals surface area contributed by atoms with Gasteiger partial charge in [-0.2, -0.15) is 0 Å². The summed E-state index contributed by atoms with van der Waals surface area (Å²) in [5, 5.41) is 2.01. The first-order chi connectivity index (χ1) is 13.3. The van der Waals surface area contributed by atoms with Crippen molar-refractivity contribution in [2.75, 3.05) is 17.5 Å². The molecule has 0 bridgehead atoms. The summed E-state index contributed by atoms with van der Waals surface area (Å²) in [6.07, 6.45) is 0. The van der Waals surface area contributed by atoms with Gasteiger partial charge < -0.3 is 4.74 Å². The Morgan fingerprint density at radius 3 is 2.43 bits per heavy atom. The Labute approximate surface area is 173 Å². The van der Waals surface area contributed by atoms with Gasteiger partial charge in [0.1, 0.15) is 11.4 Å². The average Bonchev–Trinajstić information content (AvgIpc) is 2.67. The first-order valence-electron chi connectivity index (χ1n) is 8.45. The van der Waals surface area contributed by atoms with Gasteiger partial charge in [0.25, 0.3) is 10.0 Å². The summed E-state index contributed by atoms with van der Waals surface area (Å²) in [5.74, 6) is -0.669. The van der Waals surface area contributed by atoms with E-state index in [0.29, 0.717) is 5.69 Å². The largest absolute Gasteiger partial charge is 0.465 e. The maximum absolute atomic E-state index is 13.4. The van der Waals surface area contributed by atoms with Gasteiger partial charge in [-0.15, -0.1) is 0 Å². The van der Waals surface area contributed by atoms with Crippen LogP contribution in [0.4, 0.5) is 5.69 Å². The SMILES string of the molecule is CCOC(=O)CN(c1ccc2ccccc2c1)S(=O)(=O)c1cc(Cl)ccc1Cl. The highest BCUT2D eigenvalue weighted by Gasteiger charge is 2.30. The molecule has 0 amide bonds. The van der Waals surface area contributed by atoms with Crippen LogP contribution < -0.4 is 4.31 Å². The maximum atomic E-state index is 13.4. The second-order valence-corrected chi connectivity index (χ2v) is 8.60. The lowest BCUT2D eigenvalue weighted by molar-refractivity contribution is -0.141. The van der Waals surface area contributed by atoms with Gasteiger partial charge in [-0.25, -0.2) is 8.42 Å². The van der Waals surface area contributed by atoms with Crippen LogP contribution >= 0.6 is 23.2 Å². The van der Waals surface area contributed by atoms with Crippen molar-refractivity contribution in [3.05, 3.63) is 70.7 Å². The molecule has 0 aliphatic rings. The van der Waals surface area contributed by atoms with Crippen LogP contribution in [0.5, 0.6) is 0 Å². The topological polar surface area (TPSA) is 63.7 Å². The molecule has 0 aliphatic heterocycles. The molecule has 3 rings (SSSR count). The molecule has 3 aromatic carbocycles. The quantitative estimate of drug-likeness (QED) is 0.514. The van der Waals surface area contributed by atoms with Crippen LogP contribution in [0.25, 0.3) is 10.8 Å². The molecule has 0 atom stereocenters. The second-order valence-electron chi connectivity index (χ2n) is 5.92. The van der Waals surface area contributed by atoms with Gasteiger partial charge in [0.15, 0.2) is 0 Å². The Kier molecular flexibility index (Phi) is 6.13. The zero-order valence-corrected chi connectivity index (χ0v) is 17.3. The van der Waals surface area contributed by atoms with E-state index in [-0.39, 0.29) is 21.5 Å².